The average molecular weight is 294 g/mol. The maximum atomic E-state index is 12.1. The Morgan fingerprint density at radius 2 is 2.15 bits per heavy atom. The molecule has 1 aliphatic rings. The number of rotatable bonds is 6. The van der Waals surface area contributed by atoms with E-state index >= 15 is 0 Å². The summed E-state index contributed by atoms with van der Waals surface area (Å²) >= 11 is 1.56. The van der Waals surface area contributed by atoms with Gasteiger partial charge in [0, 0.05) is 18.7 Å². The summed E-state index contributed by atoms with van der Waals surface area (Å²) in [5.74, 6) is -0.617. The Morgan fingerprint density at radius 1 is 1.40 bits per heavy atom. The van der Waals surface area contributed by atoms with Crippen LogP contribution in [-0.4, -0.2) is 35.0 Å². The van der Waals surface area contributed by atoms with Crippen LogP contribution in [0.2, 0.25) is 0 Å². The molecule has 0 aromatic heterocycles. The number of carbonyl (C=O) groups is 2. The minimum Gasteiger partial charge on any atom is -0.480 e. The van der Waals surface area contributed by atoms with Crippen LogP contribution in [0, 0.1) is 0 Å². The lowest BCUT2D eigenvalue weighted by molar-refractivity contribution is -0.139. The highest BCUT2D eigenvalue weighted by Crippen LogP contribution is 2.17. The number of carbonyl (C=O) groups excluding carboxylic acids is 1. The quantitative estimate of drug-likeness (QED) is 0.735. The van der Waals surface area contributed by atoms with Gasteiger partial charge in [-0.25, -0.2) is 4.79 Å². The van der Waals surface area contributed by atoms with Gasteiger partial charge in [0.1, 0.15) is 6.04 Å². The molecule has 0 spiro atoms. The fourth-order valence-corrected chi connectivity index (χ4v) is 2.64. The highest BCUT2D eigenvalue weighted by Gasteiger charge is 2.21. The Hall–Kier alpha value is -1.53. The summed E-state index contributed by atoms with van der Waals surface area (Å²) in [5, 5.41) is 14.9. The highest BCUT2D eigenvalue weighted by molar-refractivity contribution is 7.98. The minimum atomic E-state index is -0.991. The van der Waals surface area contributed by atoms with Crippen LogP contribution in [0.3, 0.4) is 0 Å². The van der Waals surface area contributed by atoms with Gasteiger partial charge in [0.25, 0.3) is 5.91 Å². The van der Waals surface area contributed by atoms with Crippen molar-refractivity contribution in [2.24, 2.45) is 0 Å². The van der Waals surface area contributed by atoms with Crippen molar-refractivity contribution in [3.63, 3.8) is 0 Å². The second kappa shape index (κ2) is 6.76. The van der Waals surface area contributed by atoms with E-state index in [2.05, 4.69) is 10.6 Å². The summed E-state index contributed by atoms with van der Waals surface area (Å²) in [6.45, 7) is 1.58. The molecule has 1 aromatic rings. The number of carboxylic acids is 1. The number of hydrogen-bond acceptors (Lipinski definition) is 4. The number of fused-ring (bicyclic) bond motifs is 1. The van der Waals surface area contributed by atoms with Gasteiger partial charge in [0.2, 0.25) is 0 Å². The molecule has 0 saturated carbocycles. The molecule has 6 heteroatoms. The first-order chi connectivity index (χ1) is 9.61. The SMILES string of the molecule is CSCCC(NC(=O)c1ccc2c(c1)CNC2)C(=O)O. The van der Waals surface area contributed by atoms with E-state index in [0.717, 1.165) is 18.7 Å². The molecule has 5 nitrogen and oxygen atoms in total. The Kier molecular flexibility index (Phi) is 5.03. The summed E-state index contributed by atoms with van der Waals surface area (Å²) in [4.78, 5) is 23.2. The average Bonchev–Trinajstić information content (AvgIpc) is 2.90. The van der Waals surface area contributed by atoms with E-state index in [9.17, 15) is 9.59 Å². The normalized spacial score (nSPS) is 14.7. The van der Waals surface area contributed by atoms with Gasteiger partial charge in [-0.3, -0.25) is 4.79 Å². The van der Waals surface area contributed by atoms with E-state index in [1.54, 1.807) is 17.8 Å². The number of benzene rings is 1. The molecule has 1 amide bonds. The van der Waals surface area contributed by atoms with Crippen LogP contribution < -0.4 is 10.6 Å². The monoisotopic (exact) mass is 294 g/mol. The lowest BCUT2D eigenvalue weighted by atomic mass is 10.1. The van der Waals surface area contributed by atoms with Gasteiger partial charge in [0.05, 0.1) is 0 Å². The summed E-state index contributed by atoms with van der Waals surface area (Å²) in [6.07, 6.45) is 2.34. The smallest absolute Gasteiger partial charge is 0.326 e. The van der Waals surface area contributed by atoms with E-state index in [-0.39, 0.29) is 5.91 Å². The summed E-state index contributed by atoms with van der Waals surface area (Å²) < 4.78 is 0. The lowest BCUT2D eigenvalue weighted by Gasteiger charge is -2.14. The van der Waals surface area contributed by atoms with Crippen LogP contribution in [-0.2, 0) is 17.9 Å². The topological polar surface area (TPSA) is 78.4 Å². The Morgan fingerprint density at radius 3 is 2.85 bits per heavy atom. The lowest BCUT2D eigenvalue weighted by Crippen LogP contribution is -2.41. The molecular formula is C14H18N2O3S. The molecule has 0 aliphatic carbocycles. The zero-order chi connectivity index (χ0) is 14.5. The van der Waals surface area contributed by atoms with Crippen molar-refractivity contribution < 1.29 is 14.7 Å². The van der Waals surface area contributed by atoms with Crippen LogP contribution in [0.25, 0.3) is 0 Å². The van der Waals surface area contributed by atoms with Gasteiger partial charge in [-0.05, 0) is 41.7 Å². The van der Waals surface area contributed by atoms with Crippen LogP contribution in [0.1, 0.15) is 27.9 Å². The molecule has 20 heavy (non-hydrogen) atoms. The number of carboxylic acid groups (broad SMARTS) is 1. The van der Waals surface area contributed by atoms with Crippen LogP contribution in [0.15, 0.2) is 18.2 Å². The number of thioether (sulfide) groups is 1. The highest BCUT2D eigenvalue weighted by atomic mass is 32.2. The molecule has 1 aromatic carbocycles. The summed E-state index contributed by atoms with van der Waals surface area (Å²) in [7, 11) is 0. The molecule has 1 atom stereocenters. The minimum absolute atomic E-state index is 0.326. The first-order valence-corrected chi connectivity index (χ1v) is 7.86. The number of hydrogen-bond donors (Lipinski definition) is 3. The first-order valence-electron chi connectivity index (χ1n) is 6.47. The molecule has 1 aliphatic heterocycles. The van der Waals surface area contributed by atoms with Gasteiger partial charge < -0.3 is 15.7 Å². The first kappa shape index (κ1) is 14.9. The number of aliphatic carboxylic acids is 1. The van der Waals surface area contributed by atoms with Crippen molar-refractivity contribution in [1.29, 1.82) is 0 Å². The predicted molar refractivity (Wildman–Crippen MR) is 78.9 cm³/mol. The second-order valence-corrected chi connectivity index (χ2v) is 5.72. The number of amides is 1. The van der Waals surface area contributed by atoms with Crippen LogP contribution >= 0.6 is 11.8 Å². The second-order valence-electron chi connectivity index (χ2n) is 4.73. The fraction of sp³-hybridized carbons (Fsp3) is 0.429. The molecule has 3 N–H and O–H groups in total. The standard InChI is InChI=1S/C14H18N2O3S/c1-20-5-4-12(14(18)19)16-13(17)9-2-3-10-7-15-8-11(10)6-9/h2-3,6,12,15H,4-5,7-8H2,1H3,(H,16,17)(H,18,19). The zero-order valence-electron chi connectivity index (χ0n) is 11.3. The van der Waals surface area contributed by atoms with Gasteiger partial charge in [0.15, 0.2) is 0 Å². The maximum Gasteiger partial charge on any atom is 0.326 e. The van der Waals surface area contributed by atoms with E-state index in [4.69, 9.17) is 5.11 Å². The van der Waals surface area contributed by atoms with E-state index < -0.39 is 12.0 Å². The number of nitrogens with one attached hydrogen (secondary N) is 2. The Bertz CT molecular complexity index is 519. The van der Waals surface area contributed by atoms with Gasteiger partial charge in [-0.1, -0.05) is 6.07 Å². The Balaban J connectivity index is 2.04. The third-order valence-corrected chi connectivity index (χ3v) is 3.96. The van der Waals surface area contributed by atoms with Gasteiger partial charge in [-0.2, -0.15) is 11.8 Å². The van der Waals surface area contributed by atoms with Crippen molar-refractivity contribution in [2.45, 2.75) is 25.6 Å². The molecule has 0 fully saturated rings. The predicted octanol–water partition coefficient (Wildman–Crippen LogP) is 1.23. The van der Waals surface area contributed by atoms with Crippen molar-refractivity contribution >= 4 is 23.6 Å². The van der Waals surface area contributed by atoms with Crippen LogP contribution in [0.5, 0.6) is 0 Å². The molecule has 1 unspecified atom stereocenters. The van der Waals surface area contributed by atoms with Crippen molar-refractivity contribution in [3.8, 4) is 0 Å². The van der Waals surface area contributed by atoms with Gasteiger partial charge >= 0.3 is 5.97 Å². The van der Waals surface area contributed by atoms with E-state index in [1.807, 2.05) is 18.4 Å². The zero-order valence-corrected chi connectivity index (χ0v) is 12.1. The van der Waals surface area contributed by atoms with Crippen LogP contribution in [0.4, 0.5) is 0 Å². The van der Waals surface area contributed by atoms with Crippen molar-refractivity contribution in [1.82, 2.24) is 10.6 Å². The third-order valence-electron chi connectivity index (χ3n) is 3.31. The molecule has 0 saturated heterocycles. The fourth-order valence-electron chi connectivity index (χ4n) is 2.17. The molecule has 0 bridgehead atoms. The molecule has 2 rings (SSSR count). The molecule has 108 valence electrons. The molecular weight excluding hydrogens is 276 g/mol. The van der Waals surface area contributed by atoms with E-state index in [0.29, 0.717) is 17.7 Å². The van der Waals surface area contributed by atoms with Crippen molar-refractivity contribution in [3.05, 3.63) is 34.9 Å². The molecule has 0 radical (unpaired) electrons. The van der Waals surface area contributed by atoms with Gasteiger partial charge in [-0.15, -0.1) is 0 Å². The maximum absolute atomic E-state index is 12.1. The summed E-state index contributed by atoms with van der Waals surface area (Å²) in [6, 6.07) is 4.66. The van der Waals surface area contributed by atoms with E-state index in [1.165, 1.54) is 5.56 Å². The largest absolute Gasteiger partial charge is 0.480 e. The third kappa shape index (κ3) is 3.52. The molecule has 1 heterocycles. The Labute approximate surface area is 122 Å². The summed E-state index contributed by atoms with van der Waals surface area (Å²) in [5.41, 5.74) is 2.82. The van der Waals surface area contributed by atoms with Crippen molar-refractivity contribution in [2.75, 3.05) is 12.0 Å².